The zero-order chi connectivity index (χ0) is 22.9. The number of likely N-dealkylation sites (N-methyl/N-ethyl adjacent to an activating group) is 1. The Morgan fingerprint density at radius 3 is 2.66 bits per heavy atom. The van der Waals surface area contributed by atoms with Gasteiger partial charge in [0.1, 0.15) is 17.1 Å². The molecule has 1 aromatic carbocycles. The second-order valence-electron chi connectivity index (χ2n) is 10.5. The molecule has 5 heteroatoms. The number of benzene rings is 1. The summed E-state index contributed by atoms with van der Waals surface area (Å²) in [6, 6.07) is 4.31. The molecular formula is C27H40N2O3. The molecule has 1 amide bonds. The molecule has 1 saturated heterocycles. The van der Waals surface area contributed by atoms with Crippen LogP contribution in [0.3, 0.4) is 0 Å². The molecule has 2 heterocycles. The molecule has 176 valence electrons. The van der Waals surface area contributed by atoms with Gasteiger partial charge in [-0.25, -0.2) is 4.79 Å². The van der Waals surface area contributed by atoms with E-state index in [4.69, 9.17) is 9.47 Å². The lowest BCUT2D eigenvalue weighted by molar-refractivity contribution is 0.0106. The average Bonchev–Trinajstić information content (AvgIpc) is 2.73. The van der Waals surface area contributed by atoms with Crippen LogP contribution in [0.2, 0.25) is 0 Å². The maximum Gasteiger partial charge on any atom is 0.415 e. The molecule has 0 radical (unpaired) electrons. The lowest BCUT2D eigenvalue weighted by atomic mass is 9.68. The highest BCUT2D eigenvalue weighted by molar-refractivity contribution is 5.72. The van der Waals surface area contributed by atoms with Crippen LogP contribution in [0.1, 0.15) is 76.8 Å². The highest BCUT2D eigenvalue weighted by Gasteiger charge is 2.45. The van der Waals surface area contributed by atoms with Crippen LogP contribution >= 0.6 is 0 Å². The van der Waals surface area contributed by atoms with Gasteiger partial charge in [0, 0.05) is 43.6 Å². The summed E-state index contributed by atoms with van der Waals surface area (Å²) in [4.78, 5) is 17.2. The van der Waals surface area contributed by atoms with Gasteiger partial charge in [-0.1, -0.05) is 31.4 Å². The highest BCUT2D eigenvalue weighted by Crippen LogP contribution is 2.53. The van der Waals surface area contributed by atoms with E-state index in [0.717, 1.165) is 50.1 Å². The van der Waals surface area contributed by atoms with Gasteiger partial charge in [-0.3, -0.25) is 0 Å². The molecule has 3 aliphatic rings. The van der Waals surface area contributed by atoms with Crippen molar-refractivity contribution in [2.75, 3.05) is 33.2 Å². The van der Waals surface area contributed by atoms with Gasteiger partial charge in [0.2, 0.25) is 0 Å². The number of amides is 1. The monoisotopic (exact) mass is 440 g/mol. The third-order valence-corrected chi connectivity index (χ3v) is 7.54. The quantitative estimate of drug-likeness (QED) is 0.430. The van der Waals surface area contributed by atoms with Crippen LogP contribution in [0, 0.1) is 5.92 Å². The molecule has 0 unspecified atom stereocenters. The van der Waals surface area contributed by atoms with E-state index in [-0.39, 0.29) is 17.6 Å². The van der Waals surface area contributed by atoms with Crippen LogP contribution in [-0.4, -0.2) is 54.7 Å². The minimum absolute atomic E-state index is 0.225. The molecule has 0 spiro atoms. The molecule has 1 aromatic rings. The van der Waals surface area contributed by atoms with Gasteiger partial charge >= 0.3 is 6.09 Å². The summed E-state index contributed by atoms with van der Waals surface area (Å²) in [5, 5.41) is 0. The van der Waals surface area contributed by atoms with Gasteiger partial charge in [-0.05, 0) is 71.2 Å². The van der Waals surface area contributed by atoms with E-state index in [1.807, 2.05) is 4.90 Å². The second kappa shape index (κ2) is 9.46. The number of hydrogen-bond donors (Lipinski definition) is 0. The van der Waals surface area contributed by atoms with Crippen molar-refractivity contribution >= 4 is 6.09 Å². The van der Waals surface area contributed by atoms with Gasteiger partial charge in [0.05, 0.1) is 0 Å². The molecule has 0 bridgehead atoms. The van der Waals surface area contributed by atoms with Crippen molar-refractivity contribution in [1.82, 2.24) is 9.80 Å². The van der Waals surface area contributed by atoms with Crippen molar-refractivity contribution in [3.63, 3.8) is 0 Å². The first-order valence-electron chi connectivity index (χ1n) is 12.5. The number of piperazine rings is 1. The van der Waals surface area contributed by atoms with Crippen molar-refractivity contribution in [2.45, 2.75) is 77.7 Å². The number of nitrogens with zero attached hydrogens (tertiary/aromatic N) is 2. The van der Waals surface area contributed by atoms with Crippen LogP contribution < -0.4 is 9.47 Å². The Bertz CT molecular complexity index is 868. The Morgan fingerprint density at radius 2 is 1.94 bits per heavy atom. The first-order valence-corrected chi connectivity index (χ1v) is 12.5. The van der Waals surface area contributed by atoms with Gasteiger partial charge in [-0.2, -0.15) is 0 Å². The maximum absolute atomic E-state index is 13.1. The predicted molar refractivity (Wildman–Crippen MR) is 129 cm³/mol. The lowest BCUT2D eigenvalue weighted by Crippen LogP contribution is -2.48. The van der Waals surface area contributed by atoms with E-state index in [2.05, 4.69) is 57.9 Å². The Balaban J connectivity index is 1.70. The fourth-order valence-electron chi connectivity index (χ4n) is 5.52. The van der Waals surface area contributed by atoms with Crippen molar-refractivity contribution in [3.8, 4) is 11.5 Å². The van der Waals surface area contributed by atoms with E-state index in [0.29, 0.717) is 24.8 Å². The minimum atomic E-state index is -0.240. The summed E-state index contributed by atoms with van der Waals surface area (Å²) in [6.45, 7) is 12.0. The number of carbonyl (C=O) groups excluding carboxylic acids is 1. The number of carbonyl (C=O) groups is 1. The number of hydrogen-bond acceptors (Lipinski definition) is 4. The first-order chi connectivity index (χ1) is 15.3. The summed E-state index contributed by atoms with van der Waals surface area (Å²) in [6.07, 6.45) is 8.87. The lowest BCUT2D eigenvalue weighted by Gasteiger charge is -2.46. The molecule has 1 aliphatic carbocycles. The summed E-state index contributed by atoms with van der Waals surface area (Å²) < 4.78 is 12.8. The molecule has 5 nitrogen and oxygen atoms in total. The summed E-state index contributed by atoms with van der Waals surface area (Å²) in [5.74, 6) is 2.21. The van der Waals surface area contributed by atoms with E-state index >= 15 is 0 Å². The SMILES string of the molecule is CCCCCc1cc(OC(=O)N2CCN(C)CC2)c2c(c1)OC(C)(C)[C@@H]1CCC(C)=C[C@@H]21. The number of allylic oxidation sites excluding steroid dienone is 2. The van der Waals surface area contributed by atoms with Crippen LogP contribution in [-0.2, 0) is 6.42 Å². The summed E-state index contributed by atoms with van der Waals surface area (Å²) in [7, 11) is 2.09. The zero-order valence-corrected chi connectivity index (χ0v) is 20.6. The molecule has 32 heavy (non-hydrogen) atoms. The number of ether oxygens (including phenoxy) is 2. The van der Waals surface area contributed by atoms with Crippen LogP contribution in [0.25, 0.3) is 0 Å². The number of unbranched alkanes of at least 4 members (excludes halogenated alkanes) is 2. The number of aryl methyl sites for hydroxylation is 1. The third-order valence-electron chi connectivity index (χ3n) is 7.54. The fourth-order valence-corrected chi connectivity index (χ4v) is 5.52. The van der Waals surface area contributed by atoms with Crippen molar-refractivity contribution in [2.24, 2.45) is 5.92 Å². The van der Waals surface area contributed by atoms with E-state index < -0.39 is 0 Å². The molecule has 2 atom stereocenters. The van der Waals surface area contributed by atoms with Crippen LogP contribution in [0.5, 0.6) is 11.5 Å². The summed E-state index contributed by atoms with van der Waals surface area (Å²) >= 11 is 0. The highest BCUT2D eigenvalue weighted by atomic mass is 16.6. The summed E-state index contributed by atoms with van der Waals surface area (Å²) in [5.41, 5.74) is 3.44. The average molecular weight is 441 g/mol. The second-order valence-corrected chi connectivity index (χ2v) is 10.5. The van der Waals surface area contributed by atoms with Gasteiger partial charge in [0.25, 0.3) is 0 Å². The smallest absolute Gasteiger partial charge is 0.415 e. The Labute approximate surface area is 193 Å². The molecular weight excluding hydrogens is 400 g/mol. The Kier molecular flexibility index (Phi) is 6.85. The first kappa shape index (κ1) is 23.2. The molecule has 0 aromatic heterocycles. The number of rotatable bonds is 5. The van der Waals surface area contributed by atoms with Gasteiger partial charge < -0.3 is 19.3 Å². The normalized spacial score (nSPS) is 24.8. The van der Waals surface area contributed by atoms with Crippen LogP contribution in [0.15, 0.2) is 23.8 Å². The van der Waals surface area contributed by atoms with E-state index in [1.165, 1.54) is 24.0 Å². The predicted octanol–water partition coefficient (Wildman–Crippen LogP) is 5.78. The van der Waals surface area contributed by atoms with E-state index in [1.54, 1.807) is 0 Å². The van der Waals surface area contributed by atoms with Crippen molar-refractivity contribution in [1.29, 1.82) is 0 Å². The Morgan fingerprint density at radius 1 is 1.19 bits per heavy atom. The Hall–Kier alpha value is -2.01. The largest absolute Gasteiger partial charge is 0.487 e. The van der Waals surface area contributed by atoms with Crippen molar-refractivity contribution < 1.29 is 14.3 Å². The fraction of sp³-hybridized carbons (Fsp3) is 0.667. The maximum atomic E-state index is 13.1. The van der Waals surface area contributed by atoms with Gasteiger partial charge in [-0.15, -0.1) is 0 Å². The van der Waals surface area contributed by atoms with Crippen molar-refractivity contribution in [3.05, 3.63) is 34.9 Å². The number of fused-ring (bicyclic) bond motifs is 3. The topological polar surface area (TPSA) is 42.0 Å². The van der Waals surface area contributed by atoms with Crippen LogP contribution in [0.4, 0.5) is 4.79 Å². The minimum Gasteiger partial charge on any atom is -0.487 e. The molecule has 1 fully saturated rings. The molecule has 4 rings (SSSR count). The third kappa shape index (κ3) is 4.83. The molecule has 2 aliphatic heterocycles. The van der Waals surface area contributed by atoms with E-state index in [9.17, 15) is 4.79 Å². The molecule has 0 saturated carbocycles. The standard InChI is InChI=1S/C27H40N2O3/c1-6-7-8-9-20-17-23(31-26(30)29-14-12-28(5)13-15-29)25-21-16-19(2)10-11-22(21)27(3,4)32-24(25)18-20/h16-18,21-22H,6-15H2,1-5H3/t21-,22-/m1/s1. The zero-order valence-electron chi connectivity index (χ0n) is 20.6. The van der Waals surface area contributed by atoms with Gasteiger partial charge in [0.15, 0.2) is 0 Å². The molecule has 0 N–H and O–H groups in total.